The summed E-state index contributed by atoms with van der Waals surface area (Å²) in [6.45, 7) is 5.27. The molecule has 0 aromatic carbocycles. The molecule has 1 unspecified atom stereocenters. The van der Waals surface area contributed by atoms with Crippen molar-refractivity contribution in [3.05, 3.63) is 12.7 Å². The molecule has 0 bridgehead atoms. The summed E-state index contributed by atoms with van der Waals surface area (Å²) in [5, 5.41) is 0. The molecule has 82 valence electrons. The van der Waals surface area contributed by atoms with E-state index in [-0.39, 0.29) is 21.6 Å². The van der Waals surface area contributed by atoms with E-state index in [9.17, 15) is 4.79 Å². The van der Waals surface area contributed by atoms with Gasteiger partial charge in [-0.2, -0.15) is 0 Å². The average Bonchev–Trinajstić information content (AvgIpc) is 2.12. The van der Waals surface area contributed by atoms with E-state index in [4.69, 9.17) is 4.74 Å². The molecule has 0 aliphatic heterocycles. The fraction of sp³-hybridized carbons (Fsp3) is 0.667. The van der Waals surface area contributed by atoms with E-state index in [1.807, 2.05) is 6.92 Å². The van der Waals surface area contributed by atoms with Crippen molar-refractivity contribution in [2.45, 2.75) is 35.3 Å². The number of ether oxygens (including phenoxy) is 1. The molecule has 0 aromatic rings. The lowest BCUT2D eigenvalue weighted by Crippen LogP contribution is -2.13. The van der Waals surface area contributed by atoms with Crippen LogP contribution in [-0.4, -0.2) is 25.0 Å². The quantitative estimate of drug-likeness (QED) is 0.233. The van der Waals surface area contributed by atoms with Gasteiger partial charge < -0.3 is 4.74 Å². The van der Waals surface area contributed by atoms with Gasteiger partial charge in [0.25, 0.3) is 0 Å². The Morgan fingerprint density at radius 2 is 2.29 bits per heavy atom. The average molecular weight is 344 g/mol. The highest BCUT2D eigenvalue weighted by atomic mass is 79.9. The Kier molecular flexibility index (Phi) is 8.92. The predicted molar refractivity (Wildman–Crippen MR) is 70.0 cm³/mol. The van der Waals surface area contributed by atoms with E-state index < -0.39 is 0 Å². The second kappa shape index (κ2) is 8.68. The molecule has 0 radical (unpaired) electrons. The van der Waals surface area contributed by atoms with E-state index in [2.05, 4.69) is 38.4 Å². The minimum atomic E-state index is -0.325. The number of carbonyl (C=O) groups excluding carboxylic acids is 1. The first-order chi connectivity index (χ1) is 6.56. The molecule has 0 saturated carbocycles. The largest absolute Gasteiger partial charge is 0.460 e. The number of hydrogen-bond donors (Lipinski definition) is 0. The van der Waals surface area contributed by atoms with Gasteiger partial charge in [0.2, 0.25) is 0 Å². The topological polar surface area (TPSA) is 26.3 Å². The second-order valence-electron chi connectivity index (χ2n) is 3.13. The number of hydrogen-bond acceptors (Lipinski definition) is 2. The van der Waals surface area contributed by atoms with Crippen LogP contribution < -0.4 is 0 Å². The number of carbonyl (C=O) groups is 1. The molecule has 0 N–H and O–H groups in total. The molecule has 0 rings (SSSR count). The highest BCUT2D eigenvalue weighted by molar-refractivity contribution is 9.25. The second-order valence-corrected chi connectivity index (χ2v) is 11.1. The van der Waals surface area contributed by atoms with Crippen molar-refractivity contribution in [3.63, 3.8) is 0 Å². The summed E-state index contributed by atoms with van der Waals surface area (Å²) in [7, 11) is -0.0564. The summed E-state index contributed by atoms with van der Waals surface area (Å²) in [6, 6.07) is 1.26. The summed E-state index contributed by atoms with van der Waals surface area (Å²) in [6.07, 6.45) is 3.29. The van der Waals surface area contributed by atoms with Gasteiger partial charge >= 0.3 is 5.97 Å². The van der Waals surface area contributed by atoms with Gasteiger partial charge in [0.15, 0.2) is 0 Å². The number of alkyl halides is 2. The Balaban J connectivity index is 3.39. The van der Waals surface area contributed by atoms with Crippen molar-refractivity contribution < 1.29 is 9.53 Å². The summed E-state index contributed by atoms with van der Waals surface area (Å²) >= 11 is 6.95. The summed E-state index contributed by atoms with van der Waals surface area (Å²) in [5.74, 6) is -0.325. The fourth-order valence-electron chi connectivity index (χ4n) is 1.04. The molecule has 14 heavy (non-hydrogen) atoms. The van der Waals surface area contributed by atoms with Crippen LogP contribution >= 0.6 is 31.9 Å². The van der Waals surface area contributed by atoms with Gasteiger partial charge in [-0.05, 0) is 13.3 Å². The Bertz CT molecular complexity index is 186. The first-order valence-corrected chi connectivity index (χ1v) is 8.32. The van der Waals surface area contributed by atoms with Crippen LogP contribution in [0.15, 0.2) is 12.7 Å². The van der Waals surface area contributed by atoms with Crippen molar-refractivity contribution >= 4 is 47.3 Å². The molecule has 0 aliphatic rings. The zero-order chi connectivity index (χ0) is 11.0. The van der Waals surface area contributed by atoms with Crippen LogP contribution in [0.5, 0.6) is 0 Å². The third-order valence-corrected chi connectivity index (χ3v) is 5.86. The van der Waals surface area contributed by atoms with Crippen molar-refractivity contribution in [1.29, 1.82) is 0 Å². The van der Waals surface area contributed by atoms with Gasteiger partial charge in [-0.25, -0.2) is 4.79 Å². The van der Waals surface area contributed by atoms with Gasteiger partial charge in [0.1, 0.15) is 0 Å². The molecule has 0 heterocycles. The standard InChI is InChI=1S/C9H16Br2O2Si/c1-3-8(12)13-7(2)5-4-6-14-9(10)11/h3,7,9H,1,4-6,14H2,2H3. The lowest BCUT2D eigenvalue weighted by atomic mass is 10.2. The molecular weight excluding hydrogens is 328 g/mol. The molecule has 0 aromatic heterocycles. The Hall–Kier alpha value is 0.387. The molecule has 1 atom stereocenters. The van der Waals surface area contributed by atoms with Crippen LogP contribution in [0.1, 0.15) is 19.8 Å². The maximum atomic E-state index is 10.8. The zero-order valence-electron chi connectivity index (χ0n) is 8.34. The lowest BCUT2D eigenvalue weighted by molar-refractivity contribution is -0.142. The number of esters is 1. The van der Waals surface area contributed by atoms with Crippen molar-refractivity contribution in [1.82, 2.24) is 0 Å². The highest BCUT2D eigenvalue weighted by Gasteiger charge is 2.06. The zero-order valence-corrected chi connectivity index (χ0v) is 12.9. The van der Waals surface area contributed by atoms with Crippen LogP contribution in [0, 0.1) is 0 Å². The van der Waals surface area contributed by atoms with Crippen molar-refractivity contribution in [3.8, 4) is 0 Å². The Morgan fingerprint density at radius 1 is 1.64 bits per heavy atom. The van der Waals surface area contributed by atoms with Gasteiger partial charge in [0, 0.05) is 15.6 Å². The fourth-order valence-corrected chi connectivity index (χ4v) is 3.86. The molecule has 5 heteroatoms. The van der Waals surface area contributed by atoms with Gasteiger partial charge in [-0.15, -0.1) is 0 Å². The van der Waals surface area contributed by atoms with E-state index in [0.29, 0.717) is 3.36 Å². The van der Waals surface area contributed by atoms with Crippen LogP contribution in [0.25, 0.3) is 0 Å². The molecule has 2 nitrogen and oxygen atoms in total. The minimum absolute atomic E-state index is 0.0126. The smallest absolute Gasteiger partial charge is 0.330 e. The predicted octanol–water partition coefficient (Wildman–Crippen LogP) is 2.54. The summed E-state index contributed by atoms with van der Waals surface area (Å²) < 4.78 is 5.57. The lowest BCUT2D eigenvalue weighted by Gasteiger charge is -2.11. The molecule has 0 saturated heterocycles. The monoisotopic (exact) mass is 342 g/mol. The van der Waals surface area contributed by atoms with E-state index in [0.717, 1.165) is 12.8 Å². The Morgan fingerprint density at radius 3 is 2.79 bits per heavy atom. The highest BCUT2D eigenvalue weighted by Crippen LogP contribution is 2.11. The minimum Gasteiger partial charge on any atom is -0.460 e. The van der Waals surface area contributed by atoms with Gasteiger partial charge in [-0.1, -0.05) is 50.9 Å². The molecule has 0 amide bonds. The van der Waals surface area contributed by atoms with Gasteiger partial charge in [-0.3, -0.25) is 0 Å². The van der Waals surface area contributed by atoms with Crippen molar-refractivity contribution in [2.75, 3.05) is 0 Å². The van der Waals surface area contributed by atoms with Crippen LogP contribution in [0.3, 0.4) is 0 Å². The molecule has 0 aliphatic carbocycles. The van der Waals surface area contributed by atoms with Gasteiger partial charge in [0.05, 0.1) is 9.46 Å². The van der Waals surface area contributed by atoms with Crippen LogP contribution in [0.4, 0.5) is 0 Å². The third kappa shape index (κ3) is 8.96. The third-order valence-electron chi connectivity index (χ3n) is 1.77. The Labute approximate surface area is 105 Å². The number of halogens is 2. The molecule has 0 fully saturated rings. The summed E-state index contributed by atoms with van der Waals surface area (Å²) in [5.41, 5.74) is 0. The maximum absolute atomic E-state index is 10.8. The van der Waals surface area contributed by atoms with E-state index in [1.54, 1.807) is 0 Å². The maximum Gasteiger partial charge on any atom is 0.330 e. The molecule has 0 spiro atoms. The number of rotatable bonds is 7. The van der Waals surface area contributed by atoms with Crippen molar-refractivity contribution in [2.24, 2.45) is 0 Å². The molecular formula is C9H16Br2O2Si. The SMILES string of the molecule is C=CC(=O)OC(C)CCC[SiH2]C(Br)Br. The van der Waals surface area contributed by atoms with Crippen LogP contribution in [-0.2, 0) is 9.53 Å². The summed E-state index contributed by atoms with van der Waals surface area (Å²) in [4.78, 5) is 10.8. The normalized spacial score (nSPS) is 13.4. The van der Waals surface area contributed by atoms with Crippen LogP contribution in [0.2, 0.25) is 6.04 Å². The van der Waals surface area contributed by atoms with E-state index >= 15 is 0 Å². The van der Waals surface area contributed by atoms with E-state index in [1.165, 1.54) is 12.1 Å². The first kappa shape index (κ1) is 14.4. The first-order valence-electron chi connectivity index (χ1n) is 4.67.